The Balaban J connectivity index is 1.91. The number of aliphatic carboxylic acids is 1. The zero-order valence-corrected chi connectivity index (χ0v) is 13.1. The van der Waals surface area contributed by atoms with Gasteiger partial charge in [0.1, 0.15) is 5.72 Å². The van der Waals surface area contributed by atoms with Crippen molar-refractivity contribution in [3.8, 4) is 0 Å². The molecule has 2 saturated heterocycles. The summed E-state index contributed by atoms with van der Waals surface area (Å²) in [5.41, 5.74) is -0.372. The summed E-state index contributed by atoms with van der Waals surface area (Å²) in [6.45, 7) is 4.66. The van der Waals surface area contributed by atoms with Crippen molar-refractivity contribution in [3.05, 3.63) is 30.1 Å². The summed E-state index contributed by atoms with van der Waals surface area (Å²) in [5, 5.41) is 9.49. The maximum absolute atomic E-state index is 12.9. The molecule has 2 fully saturated rings. The van der Waals surface area contributed by atoms with E-state index in [1.54, 1.807) is 12.1 Å². The van der Waals surface area contributed by atoms with Crippen LogP contribution in [-0.4, -0.2) is 69.8 Å². The third-order valence-electron chi connectivity index (χ3n) is 4.78. The second kappa shape index (κ2) is 6.25. The number of hydrogen-bond acceptors (Lipinski definition) is 5. The lowest BCUT2D eigenvalue weighted by Gasteiger charge is -2.44. The number of nitrogens with zero attached hydrogens (tertiary/aromatic N) is 3. The third kappa shape index (κ3) is 2.82. The molecule has 1 atom stereocenters. The van der Waals surface area contributed by atoms with E-state index in [-0.39, 0.29) is 12.5 Å². The minimum absolute atomic E-state index is 0.0400. The molecule has 0 aromatic carbocycles. The summed E-state index contributed by atoms with van der Waals surface area (Å²) in [6, 6.07) is 2.27. The predicted molar refractivity (Wildman–Crippen MR) is 81.9 cm³/mol. The number of pyridine rings is 1. The van der Waals surface area contributed by atoms with Crippen LogP contribution in [0, 0.1) is 0 Å². The number of rotatable bonds is 3. The van der Waals surface area contributed by atoms with Gasteiger partial charge in [-0.25, -0.2) is 4.79 Å². The van der Waals surface area contributed by atoms with E-state index < -0.39 is 17.7 Å². The quantitative estimate of drug-likeness (QED) is 0.888. The first-order valence-corrected chi connectivity index (χ1v) is 7.90. The van der Waals surface area contributed by atoms with Gasteiger partial charge < -0.3 is 14.7 Å². The van der Waals surface area contributed by atoms with Gasteiger partial charge in [-0.1, -0.05) is 6.92 Å². The molecule has 1 spiro atoms. The molecule has 0 saturated carbocycles. The van der Waals surface area contributed by atoms with E-state index in [0.29, 0.717) is 18.4 Å². The molecule has 7 nitrogen and oxygen atoms in total. The summed E-state index contributed by atoms with van der Waals surface area (Å²) in [5.74, 6) is -1.33. The third-order valence-corrected chi connectivity index (χ3v) is 4.78. The highest BCUT2D eigenvalue weighted by Crippen LogP contribution is 2.38. The SMILES string of the molecule is CCN1CCC2(CC1)OC[C@@H](C(=O)O)N2C(=O)c1ccncc1. The van der Waals surface area contributed by atoms with Gasteiger partial charge >= 0.3 is 5.97 Å². The van der Waals surface area contributed by atoms with Gasteiger partial charge in [-0.3, -0.25) is 14.7 Å². The lowest BCUT2D eigenvalue weighted by atomic mass is 9.97. The number of carboxylic acid groups (broad SMARTS) is 1. The molecule has 0 aliphatic carbocycles. The van der Waals surface area contributed by atoms with E-state index in [2.05, 4.69) is 16.8 Å². The Morgan fingerprint density at radius 2 is 2.00 bits per heavy atom. The summed E-state index contributed by atoms with van der Waals surface area (Å²) < 4.78 is 5.89. The largest absolute Gasteiger partial charge is 0.480 e. The van der Waals surface area contributed by atoms with E-state index in [1.807, 2.05) is 0 Å². The molecule has 1 aromatic rings. The molecule has 1 N–H and O–H groups in total. The molecule has 3 heterocycles. The van der Waals surface area contributed by atoms with E-state index in [1.165, 1.54) is 17.3 Å². The van der Waals surface area contributed by atoms with Crippen molar-refractivity contribution in [1.82, 2.24) is 14.8 Å². The molecule has 0 unspecified atom stereocenters. The second-order valence-corrected chi connectivity index (χ2v) is 5.96. The Morgan fingerprint density at radius 3 is 2.57 bits per heavy atom. The number of carbonyl (C=O) groups is 2. The highest BCUT2D eigenvalue weighted by molar-refractivity contribution is 5.97. The van der Waals surface area contributed by atoms with Gasteiger partial charge in [0, 0.05) is 43.9 Å². The van der Waals surface area contributed by atoms with Crippen LogP contribution in [0.3, 0.4) is 0 Å². The Labute approximate surface area is 134 Å². The molecule has 2 aliphatic rings. The summed E-state index contributed by atoms with van der Waals surface area (Å²) in [6.07, 6.45) is 4.32. The normalized spacial score (nSPS) is 24.0. The van der Waals surface area contributed by atoms with E-state index in [4.69, 9.17) is 4.74 Å². The van der Waals surface area contributed by atoms with Crippen LogP contribution in [0.25, 0.3) is 0 Å². The average Bonchev–Trinajstić information content (AvgIpc) is 2.95. The van der Waals surface area contributed by atoms with Crippen molar-refractivity contribution < 1.29 is 19.4 Å². The monoisotopic (exact) mass is 319 g/mol. The minimum Gasteiger partial charge on any atom is -0.480 e. The molecule has 7 heteroatoms. The number of likely N-dealkylation sites (tertiary alicyclic amines) is 1. The van der Waals surface area contributed by atoms with E-state index in [0.717, 1.165) is 19.6 Å². The fraction of sp³-hybridized carbons (Fsp3) is 0.562. The van der Waals surface area contributed by atoms with Crippen molar-refractivity contribution >= 4 is 11.9 Å². The molecule has 0 bridgehead atoms. The molecule has 23 heavy (non-hydrogen) atoms. The van der Waals surface area contributed by atoms with E-state index in [9.17, 15) is 14.7 Å². The first-order valence-electron chi connectivity index (χ1n) is 7.90. The van der Waals surface area contributed by atoms with Crippen LogP contribution in [0.4, 0.5) is 0 Å². The van der Waals surface area contributed by atoms with Gasteiger partial charge in [0.15, 0.2) is 6.04 Å². The van der Waals surface area contributed by atoms with Crippen LogP contribution < -0.4 is 0 Å². The Kier molecular flexibility index (Phi) is 4.32. The number of amides is 1. The lowest BCUT2D eigenvalue weighted by Crippen LogP contribution is -2.58. The van der Waals surface area contributed by atoms with Crippen molar-refractivity contribution in [3.63, 3.8) is 0 Å². The van der Waals surface area contributed by atoms with Crippen LogP contribution in [0.15, 0.2) is 24.5 Å². The molecule has 2 aliphatic heterocycles. The van der Waals surface area contributed by atoms with Crippen molar-refractivity contribution in [2.45, 2.75) is 31.5 Å². The van der Waals surface area contributed by atoms with Crippen LogP contribution in [0.2, 0.25) is 0 Å². The predicted octanol–water partition coefficient (Wildman–Crippen LogP) is 0.819. The molecule has 124 valence electrons. The molecule has 1 amide bonds. The number of aromatic nitrogens is 1. The highest BCUT2D eigenvalue weighted by atomic mass is 16.5. The molecule has 0 radical (unpaired) electrons. The fourth-order valence-electron chi connectivity index (χ4n) is 3.41. The van der Waals surface area contributed by atoms with Crippen molar-refractivity contribution in [2.75, 3.05) is 26.2 Å². The smallest absolute Gasteiger partial charge is 0.328 e. The fourth-order valence-corrected chi connectivity index (χ4v) is 3.41. The summed E-state index contributed by atoms with van der Waals surface area (Å²) in [7, 11) is 0. The van der Waals surface area contributed by atoms with Crippen molar-refractivity contribution in [1.29, 1.82) is 0 Å². The number of carbonyl (C=O) groups excluding carboxylic acids is 1. The van der Waals surface area contributed by atoms with Crippen LogP contribution in [0.1, 0.15) is 30.1 Å². The summed E-state index contributed by atoms with van der Waals surface area (Å²) in [4.78, 5) is 32.2. The minimum atomic E-state index is -1.03. The number of hydrogen-bond donors (Lipinski definition) is 1. The topological polar surface area (TPSA) is 83.0 Å². The molecule has 1 aromatic heterocycles. The molecule has 3 rings (SSSR count). The van der Waals surface area contributed by atoms with Gasteiger partial charge in [-0.2, -0.15) is 0 Å². The number of carboxylic acids is 1. The van der Waals surface area contributed by atoms with Gasteiger partial charge in [-0.15, -0.1) is 0 Å². The highest BCUT2D eigenvalue weighted by Gasteiger charge is 2.53. The van der Waals surface area contributed by atoms with Gasteiger partial charge in [0.25, 0.3) is 5.91 Å². The standard InChI is InChI=1S/C16H21N3O4/c1-2-18-9-5-16(6-10-18)19(13(11-23-16)15(21)22)14(20)12-3-7-17-8-4-12/h3-4,7-8,13H,2,5-6,9-11H2,1H3,(H,21,22)/t13-/m0/s1. The van der Waals surface area contributed by atoms with Crippen molar-refractivity contribution in [2.24, 2.45) is 0 Å². The van der Waals surface area contributed by atoms with Gasteiger partial charge in [0.2, 0.25) is 0 Å². The van der Waals surface area contributed by atoms with Gasteiger partial charge in [0.05, 0.1) is 6.61 Å². The maximum atomic E-state index is 12.9. The molecular formula is C16H21N3O4. The van der Waals surface area contributed by atoms with Crippen LogP contribution in [-0.2, 0) is 9.53 Å². The Morgan fingerprint density at radius 1 is 1.35 bits per heavy atom. The first kappa shape index (κ1) is 15.9. The average molecular weight is 319 g/mol. The maximum Gasteiger partial charge on any atom is 0.328 e. The lowest BCUT2D eigenvalue weighted by molar-refractivity contribution is -0.143. The van der Waals surface area contributed by atoms with E-state index >= 15 is 0 Å². The van der Waals surface area contributed by atoms with Gasteiger partial charge in [-0.05, 0) is 18.7 Å². The Hall–Kier alpha value is -1.99. The van der Waals surface area contributed by atoms with Crippen LogP contribution >= 0.6 is 0 Å². The first-order chi connectivity index (χ1) is 11.1. The zero-order chi connectivity index (χ0) is 16.4. The zero-order valence-electron chi connectivity index (χ0n) is 13.1. The Bertz CT molecular complexity index is 584. The number of ether oxygens (including phenoxy) is 1. The summed E-state index contributed by atoms with van der Waals surface area (Å²) >= 11 is 0. The second-order valence-electron chi connectivity index (χ2n) is 5.96. The van der Waals surface area contributed by atoms with Crippen LogP contribution in [0.5, 0.6) is 0 Å². The molecular weight excluding hydrogens is 298 g/mol. The number of piperidine rings is 1.